The van der Waals surface area contributed by atoms with Crippen LogP contribution in [0.5, 0.6) is 0 Å². The molecule has 0 N–H and O–H groups in total. The van der Waals surface area contributed by atoms with Gasteiger partial charge in [0.2, 0.25) is 0 Å². The lowest BCUT2D eigenvalue weighted by molar-refractivity contribution is 1.13. The Hall–Kier alpha value is -1.66. The van der Waals surface area contributed by atoms with E-state index in [2.05, 4.69) is 62.7 Å². The molecule has 0 aliphatic carbocycles. The predicted octanol–water partition coefficient (Wildman–Crippen LogP) is 3.77. The average Bonchev–Trinajstić information content (AvgIpc) is 2.34. The van der Waals surface area contributed by atoms with E-state index in [0.717, 1.165) is 30.4 Å². The van der Waals surface area contributed by atoms with Crippen molar-refractivity contribution in [2.45, 2.75) is 40.0 Å². The van der Waals surface area contributed by atoms with Gasteiger partial charge in [0, 0.05) is 24.0 Å². The Morgan fingerprint density at radius 1 is 0.938 bits per heavy atom. The van der Waals surface area contributed by atoms with E-state index < -0.39 is 0 Å². The molecule has 0 heterocycles. The summed E-state index contributed by atoms with van der Waals surface area (Å²) in [4.78, 5) is 0. The summed E-state index contributed by atoms with van der Waals surface area (Å²) in [5.41, 5.74) is 3.54. The molecule has 1 aromatic rings. The monoisotopic (exact) mass is 210 g/mol. The summed E-state index contributed by atoms with van der Waals surface area (Å²) in [5, 5.41) is 0. The zero-order valence-electron chi connectivity index (χ0n) is 10.4. The minimum atomic E-state index is 0.902. The zero-order valence-corrected chi connectivity index (χ0v) is 10.4. The summed E-state index contributed by atoms with van der Waals surface area (Å²) in [7, 11) is 0. The highest BCUT2D eigenvalue weighted by Crippen LogP contribution is 2.11. The predicted molar refractivity (Wildman–Crippen MR) is 70.2 cm³/mol. The van der Waals surface area contributed by atoms with Crippen molar-refractivity contribution in [3.8, 4) is 23.7 Å². The maximum atomic E-state index is 3.20. The highest BCUT2D eigenvalue weighted by atomic mass is 14.0. The Bertz CT molecular complexity index is 458. The van der Waals surface area contributed by atoms with Gasteiger partial charge >= 0.3 is 0 Å². The molecule has 1 aromatic carbocycles. The fraction of sp³-hybridized carbons (Fsp3) is 0.375. The smallest absolute Gasteiger partial charge is 0.0278 e. The molecule has 0 saturated heterocycles. The standard InChI is InChI=1S/C16H18/c1-4-7-9-14-11-12-16(10-8-5-2)15(6-3)13-14/h11-13H,4-6H2,1-3H3. The van der Waals surface area contributed by atoms with Crippen molar-refractivity contribution in [2.24, 2.45) is 0 Å². The van der Waals surface area contributed by atoms with Crippen LogP contribution in [0, 0.1) is 23.7 Å². The first-order valence-electron chi connectivity index (χ1n) is 5.92. The second-order valence-corrected chi connectivity index (χ2v) is 3.54. The Kier molecular flexibility index (Phi) is 5.24. The highest BCUT2D eigenvalue weighted by molar-refractivity contribution is 5.47. The summed E-state index contributed by atoms with van der Waals surface area (Å²) in [6, 6.07) is 6.30. The molecule has 0 spiro atoms. The summed E-state index contributed by atoms with van der Waals surface area (Å²) in [6.45, 7) is 6.29. The van der Waals surface area contributed by atoms with Gasteiger partial charge in [-0.2, -0.15) is 0 Å². The number of hydrogen-bond acceptors (Lipinski definition) is 0. The number of benzene rings is 1. The minimum Gasteiger partial charge on any atom is -0.0982 e. The minimum absolute atomic E-state index is 0.902. The van der Waals surface area contributed by atoms with Crippen LogP contribution in [-0.4, -0.2) is 0 Å². The normalized spacial score (nSPS) is 8.69. The molecule has 0 unspecified atom stereocenters. The van der Waals surface area contributed by atoms with Crippen molar-refractivity contribution in [1.29, 1.82) is 0 Å². The van der Waals surface area contributed by atoms with Gasteiger partial charge < -0.3 is 0 Å². The summed E-state index contributed by atoms with van der Waals surface area (Å²) in [5.74, 6) is 12.6. The molecule has 1 rings (SSSR count). The van der Waals surface area contributed by atoms with Gasteiger partial charge in [-0.25, -0.2) is 0 Å². The molecule has 0 aliphatic rings. The molecule has 0 aliphatic heterocycles. The molecule has 0 amide bonds. The first-order chi connectivity index (χ1) is 7.81. The SMILES string of the molecule is CCC#Cc1ccc(C#CCC)c(CC)c1. The van der Waals surface area contributed by atoms with Gasteiger partial charge in [0.15, 0.2) is 0 Å². The molecule has 0 aromatic heterocycles. The van der Waals surface area contributed by atoms with Gasteiger partial charge in [0.05, 0.1) is 0 Å². The van der Waals surface area contributed by atoms with Crippen LogP contribution < -0.4 is 0 Å². The lowest BCUT2D eigenvalue weighted by Crippen LogP contribution is -1.89. The molecule has 0 fully saturated rings. The van der Waals surface area contributed by atoms with Crippen LogP contribution in [0.4, 0.5) is 0 Å². The third kappa shape index (κ3) is 3.48. The van der Waals surface area contributed by atoms with Crippen LogP contribution in [0.2, 0.25) is 0 Å². The molecule has 0 bridgehead atoms. The Morgan fingerprint density at radius 3 is 2.25 bits per heavy atom. The van der Waals surface area contributed by atoms with E-state index in [1.54, 1.807) is 0 Å². The molecule has 82 valence electrons. The molecule has 16 heavy (non-hydrogen) atoms. The maximum absolute atomic E-state index is 3.20. The van der Waals surface area contributed by atoms with E-state index in [-0.39, 0.29) is 0 Å². The summed E-state index contributed by atoms with van der Waals surface area (Å²) in [6.07, 6.45) is 2.81. The fourth-order valence-electron chi connectivity index (χ4n) is 1.46. The van der Waals surface area contributed by atoms with E-state index in [9.17, 15) is 0 Å². The van der Waals surface area contributed by atoms with Gasteiger partial charge in [-0.05, 0) is 30.2 Å². The van der Waals surface area contributed by atoms with E-state index in [4.69, 9.17) is 0 Å². The second kappa shape index (κ2) is 6.76. The van der Waals surface area contributed by atoms with Crippen molar-refractivity contribution >= 4 is 0 Å². The summed E-state index contributed by atoms with van der Waals surface area (Å²) < 4.78 is 0. The van der Waals surface area contributed by atoms with Crippen LogP contribution in [0.25, 0.3) is 0 Å². The van der Waals surface area contributed by atoms with Crippen molar-refractivity contribution < 1.29 is 0 Å². The highest BCUT2D eigenvalue weighted by Gasteiger charge is 1.98. The van der Waals surface area contributed by atoms with Crippen molar-refractivity contribution in [1.82, 2.24) is 0 Å². The number of rotatable bonds is 1. The fourth-order valence-corrected chi connectivity index (χ4v) is 1.46. The Labute approximate surface area is 99.1 Å². The van der Waals surface area contributed by atoms with E-state index in [0.29, 0.717) is 0 Å². The maximum Gasteiger partial charge on any atom is 0.0278 e. The first-order valence-corrected chi connectivity index (χ1v) is 5.92. The van der Waals surface area contributed by atoms with Gasteiger partial charge in [-0.15, -0.1) is 0 Å². The molecular formula is C16H18. The van der Waals surface area contributed by atoms with Crippen molar-refractivity contribution in [3.63, 3.8) is 0 Å². The zero-order chi connectivity index (χ0) is 11.8. The van der Waals surface area contributed by atoms with Gasteiger partial charge in [0.25, 0.3) is 0 Å². The molecule has 0 heteroatoms. The summed E-state index contributed by atoms with van der Waals surface area (Å²) >= 11 is 0. The third-order valence-corrected chi connectivity index (χ3v) is 2.30. The first kappa shape index (κ1) is 12.4. The topological polar surface area (TPSA) is 0 Å². The quantitative estimate of drug-likeness (QED) is 0.619. The molecular weight excluding hydrogens is 192 g/mol. The van der Waals surface area contributed by atoms with Crippen LogP contribution >= 0.6 is 0 Å². The van der Waals surface area contributed by atoms with Crippen molar-refractivity contribution in [2.75, 3.05) is 0 Å². The Balaban J connectivity index is 3.06. The van der Waals surface area contributed by atoms with E-state index in [1.807, 2.05) is 0 Å². The number of aryl methyl sites for hydroxylation is 1. The van der Waals surface area contributed by atoms with Crippen LogP contribution in [0.3, 0.4) is 0 Å². The lowest BCUT2D eigenvalue weighted by Gasteiger charge is -2.01. The van der Waals surface area contributed by atoms with Gasteiger partial charge in [-0.1, -0.05) is 44.5 Å². The molecule has 0 saturated carbocycles. The second-order valence-electron chi connectivity index (χ2n) is 3.54. The van der Waals surface area contributed by atoms with Crippen LogP contribution in [-0.2, 0) is 6.42 Å². The van der Waals surface area contributed by atoms with Gasteiger partial charge in [-0.3, -0.25) is 0 Å². The third-order valence-electron chi connectivity index (χ3n) is 2.30. The average molecular weight is 210 g/mol. The van der Waals surface area contributed by atoms with Crippen LogP contribution in [0.1, 0.15) is 50.3 Å². The largest absolute Gasteiger partial charge is 0.0982 e. The molecule has 0 radical (unpaired) electrons. The van der Waals surface area contributed by atoms with Crippen LogP contribution in [0.15, 0.2) is 18.2 Å². The lowest BCUT2D eigenvalue weighted by atomic mass is 10.0. The Morgan fingerprint density at radius 2 is 1.62 bits per heavy atom. The van der Waals surface area contributed by atoms with Gasteiger partial charge in [0.1, 0.15) is 0 Å². The van der Waals surface area contributed by atoms with E-state index >= 15 is 0 Å². The molecule has 0 nitrogen and oxygen atoms in total. The number of hydrogen-bond donors (Lipinski definition) is 0. The van der Waals surface area contributed by atoms with Crippen molar-refractivity contribution in [3.05, 3.63) is 34.9 Å². The van der Waals surface area contributed by atoms with E-state index in [1.165, 1.54) is 5.56 Å². The molecule has 0 atom stereocenters.